The zero-order valence-electron chi connectivity index (χ0n) is 15.3. The van der Waals surface area contributed by atoms with Crippen LogP contribution in [0, 0.1) is 0 Å². The summed E-state index contributed by atoms with van der Waals surface area (Å²) in [6.07, 6.45) is 4.49. The number of amides is 1. The van der Waals surface area contributed by atoms with Crippen molar-refractivity contribution in [1.82, 2.24) is 10.0 Å². The third-order valence-corrected chi connectivity index (χ3v) is 5.64. The van der Waals surface area contributed by atoms with Gasteiger partial charge in [-0.1, -0.05) is 35.9 Å². The summed E-state index contributed by atoms with van der Waals surface area (Å²) in [6.45, 7) is 0.437. The van der Waals surface area contributed by atoms with Crippen LogP contribution >= 0.6 is 11.6 Å². The Morgan fingerprint density at radius 1 is 1.03 bits per heavy atom. The molecule has 1 aromatic heterocycles. The molecule has 2 N–H and O–H groups in total. The molecule has 29 heavy (non-hydrogen) atoms. The molecule has 0 radical (unpaired) electrons. The largest absolute Gasteiger partial charge is 0.468 e. The number of hydrogen-bond donors (Lipinski definition) is 2. The minimum Gasteiger partial charge on any atom is -0.468 e. The molecule has 2 aromatic carbocycles. The summed E-state index contributed by atoms with van der Waals surface area (Å²) < 4.78 is 32.2. The summed E-state index contributed by atoms with van der Waals surface area (Å²) in [5.74, 6) is 0.263. The molecular formula is C21H19ClN2O4S. The van der Waals surface area contributed by atoms with E-state index in [1.54, 1.807) is 42.5 Å². The van der Waals surface area contributed by atoms with Crippen LogP contribution in [0.2, 0.25) is 5.02 Å². The van der Waals surface area contributed by atoms with Crippen LogP contribution in [0.3, 0.4) is 0 Å². The molecule has 0 bridgehead atoms. The number of carbonyl (C=O) groups excluding carboxylic acids is 1. The Labute approximate surface area is 174 Å². The highest BCUT2D eigenvalue weighted by atomic mass is 35.5. The summed E-state index contributed by atoms with van der Waals surface area (Å²) in [6, 6.07) is 16.8. The van der Waals surface area contributed by atoms with E-state index in [-0.39, 0.29) is 17.3 Å². The zero-order chi connectivity index (χ0) is 20.7. The Balaban J connectivity index is 1.54. The van der Waals surface area contributed by atoms with Gasteiger partial charge in [0.05, 0.1) is 17.7 Å². The summed E-state index contributed by atoms with van der Waals surface area (Å²) in [7, 11) is -3.65. The van der Waals surface area contributed by atoms with Crippen LogP contribution in [-0.4, -0.2) is 14.3 Å². The number of hydrogen-bond acceptors (Lipinski definition) is 4. The predicted octanol–water partition coefficient (Wildman–Crippen LogP) is 3.74. The first-order chi connectivity index (χ1) is 13.9. The van der Waals surface area contributed by atoms with Crippen molar-refractivity contribution in [3.05, 3.63) is 94.9 Å². The molecule has 3 rings (SSSR count). The second kappa shape index (κ2) is 9.56. The quantitative estimate of drug-likeness (QED) is 0.533. The third-order valence-electron chi connectivity index (χ3n) is 3.99. The lowest BCUT2D eigenvalue weighted by Crippen LogP contribution is -2.22. The van der Waals surface area contributed by atoms with Crippen LogP contribution in [0.5, 0.6) is 0 Å². The molecular weight excluding hydrogens is 412 g/mol. The van der Waals surface area contributed by atoms with Gasteiger partial charge in [0, 0.05) is 17.6 Å². The van der Waals surface area contributed by atoms with Gasteiger partial charge in [0.1, 0.15) is 5.76 Å². The van der Waals surface area contributed by atoms with Gasteiger partial charge >= 0.3 is 0 Å². The normalized spacial score (nSPS) is 11.6. The van der Waals surface area contributed by atoms with Crippen LogP contribution in [0.1, 0.15) is 16.9 Å². The molecule has 0 aliphatic carbocycles. The lowest BCUT2D eigenvalue weighted by Gasteiger charge is -2.06. The number of rotatable bonds is 8. The van der Waals surface area contributed by atoms with Gasteiger partial charge in [-0.25, -0.2) is 13.1 Å². The van der Waals surface area contributed by atoms with Crippen molar-refractivity contribution in [2.24, 2.45) is 0 Å². The highest BCUT2D eigenvalue weighted by Gasteiger charge is 2.13. The average Bonchev–Trinajstić information content (AvgIpc) is 3.23. The molecule has 0 fully saturated rings. The van der Waals surface area contributed by atoms with E-state index in [4.69, 9.17) is 16.0 Å². The molecule has 8 heteroatoms. The maximum Gasteiger partial charge on any atom is 0.244 e. The van der Waals surface area contributed by atoms with Crippen LogP contribution < -0.4 is 10.0 Å². The van der Waals surface area contributed by atoms with Gasteiger partial charge in [-0.05, 0) is 53.6 Å². The van der Waals surface area contributed by atoms with E-state index < -0.39 is 10.0 Å². The lowest BCUT2D eigenvalue weighted by atomic mass is 10.2. The van der Waals surface area contributed by atoms with E-state index in [0.29, 0.717) is 22.9 Å². The number of nitrogens with one attached hydrogen (secondary N) is 2. The molecule has 150 valence electrons. The fraction of sp³-hybridized carbons (Fsp3) is 0.0952. The Kier molecular flexibility index (Phi) is 6.87. The van der Waals surface area contributed by atoms with Crippen LogP contribution in [0.15, 0.2) is 82.3 Å². The number of halogens is 1. The predicted molar refractivity (Wildman–Crippen MR) is 112 cm³/mol. The maximum atomic E-state index is 12.3. The Hall–Kier alpha value is -2.87. The molecule has 3 aromatic rings. The number of sulfonamides is 1. The fourth-order valence-electron chi connectivity index (χ4n) is 2.49. The minimum atomic E-state index is -3.65. The van der Waals surface area contributed by atoms with Gasteiger partial charge in [-0.2, -0.15) is 0 Å². The summed E-state index contributed by atoms with van der Waals surface area (Å²) in [4.78, 5) is 12.1. The van der Waals surface area contributed by atoms with Gasteiger partial charge in [0.25, 0.3) is 0 Å². The third kappa shape index (κ3) is 6.32. The molecule has 0 atom stereocenters. The van der Waals surface area contributed by atoms with E-state index in [1.165, 1.54) is 24.5 Å². The van der Waals surface area contributed by atoms with Gasteiger partial charge < -0.3 is 9.73 Å². The lowest BCUT2D eigenvalue weighted by molar-refractivity contribution is -0.116. The average molecular weight is 431 g/mol. The highest BCUT2D eigenvalue weighted by Crippen LogP contribution is 2.13. The molecule has 6 nitrogen and oxygen atoms in total. The minimum absolute atomic E-state index is 0.0732. The SMILES string of the molecule is O=C(/C=C/c1ccc(S(=O)(=O)NCc2ccco2)cc1)NCc1cccc(Cl)c1. The highest BCUT2D eigenvalue weighted by molar-refractivity contribution is 7.89. The first kappa shape index (κ1) is 20.9. The zero-order valence-corrected chi connectivity index (χ0v) is 16.9. The second-order valence-electron chi connectivity index (χ2n) is 6.15. The second-order valence-corrected chi connectivity index (χ2v) is 8.36. The molecule has 0 aliphatic heterocycles. The first-order valence-corrected chi connectivity index (χ1v) is 10.6. The van der Waals surface area contributed by atoms with E-state index in [1.807, 2.05) is 12.1 Å². The monoisotopic (exact) mass is 430 g/mol. The van der Waals surface area contributed by atoms with Crippen LogP contribution in [0.4, 0.5) is 0 Å². The van der Waals surface area contributed by atoms with E-state index in [0.717, 1.165) is 5.56 Å². The summed E-state index contributed by atoms with van der Waals surface area (Å²) in [5, 5.41) is 3.38. The molecule has 0 unspecified atom stereocenters. The van der Waals surface area contributed by atoms with Gasteiger partial charge in [-0.3, -0.25) is 4.79 Å². The van der Waals surface area contributed by atoms with Gasteiger partial charge in [-0.15, -0.1) is 0 Å². The molecule has 0 saturated heterocycles. The number of carbonyl (C=O) groups is 1. The van der Waals surface area contributed by atoms with E-state index in [2.05, 4.69) is 10.0 Å². The van der Waals surface area contributed by atoms with Crippen molar-refractivity contribution in [2.75, 3.05) is 0 Å². The summed E-state index contributed by atoms with van der Waals surface area (Å²) in [5.41, 5.74) is 1.60. The van der Waals surface area contributed by atoms with Crippen LogP contribution in [0.25, 0.3) is 6.08 Å². The van der Waals surface area contributed by atoms with E-state index >= 15 is 0 Å². The molecule has 0 saturated carbocycles. The van der Waals surface area contributed by atoms with Crippen molar-refractivity contribution < 1.29 is 17.6 Å². The van der Waals surface area contributed by atoms with Gasteiger partial charge in [0.15, 0.2) is 0 Å². The molecule has 1 amide bonds. The Morgan fingerprint density at radius 2 is 1.83 bits per heavy atom. The molecule has 1 heterocycles. The molecule has 0 aliphatic rings. The van der Waals surface area contributed by atoms with Crippen LogP contribution in [-0.2, 0) is 27.9 Å². The van der Waals surface area contributed by atoms with E-state index in [9.17, 15) is 13.2 Å². The standard InChI is InChI=1S/C21H19ClN2O4S/c22-18-4-1-3-17(13-18)14-23-21(25)11-8-16-6-9-20(10-7-16)29(26,27)24-15-19-5-2-12-28-19/h1-13,24H,14-15H2,(H,23,25)/b11-8+. The molecule has 0 spiro atoms. The number of benzene rings is 2. The number of furan rings is 1. The van der Waals surface area contributed by atoms with Gasteiger partial charge in [0.2, 0.25) is 15.9 Å². The van der Waals surface area contributed by atoms with Crippen molar-refractivity contribution in [1.29, 1.82) is 0 Å². The Morgan fingerprint density at radius 3 is 2.52 bits per heavy atom. The Bertz CT molecular complexity index is 1090. The van der Waals surface area contributed by atoms with Crippen molar-refractivity contribution in [2.45, 2.75) is 18.0 Å². The topological polar surface area (TPSA) is 88.4 Å². The smallest absolute Gasteiger partial charge is 0.244 e. The summed E-state index contributed by atoms with van der Waals surface area (Å²) >= 11 is 5.91. The van der Waals surface area contributed by atoms with Crippen molar-refractivity contribution in [3.8, 4) is 0 Å². The fourth-order valence-corrected chi connectivity index (χ4v) is 3.69. The maximum absolute atomic E-state index is 12.3. The van der Waals surface area contributed by atoms with Crippen molar-refractivity contribution >= 4 is 33.6 Å². The first-order valence-electron chi connectivity index (χ1n) is 8.75. The van der Waals surface area contributed by atoms with Crippen molar-refractivity contribution in [3.63, 3.8) is 0 Å².